The van der Waals surface area contributed by atoms with Crippen molar-refractivity contribution in [3.63, 3.8) is 0 Å². The van der Waals surface area contributed by atoms with E-state index >= 15 is 0 Å². The van der Waals surface area contributed by atoms with E-state index in [9.17, 15) is 9.90 Å². The Morgan fingerprint density at radius 1 is 0.796 bits per heavy atom. The highest BCUT2D eigenvalue weighted by molar-refractivity contribution is 5.89. The lowest BCUT2D eigenvalue weighted by molar-refractivity contribution is -0.253. The molecule has 54 heavy (non-hydrogen) atoms. The van der Waals surface area contributed by atoms with Crippen molar-refractivity contribution in [2.75, 3.05) is 18.4 Å². The number of aliphatic hydroxyl groups is 1. The summed E-state index contributed by atoms with van der Waals surface area (Å²) in [6.07, 6.45) is 6.98. The summed E-state index contributed by atoms with van der Waals surface area (Å²) in [7, 11) is 0. The van der Waals surface area contributed by atoms with E-state index in [1.54, 1.807) is 0 Å². The van der Waals surface area contributed by atoms with Gasteiger partial charge in [-0.15, -0.1) is 6.58 Å². The molecule has 7 rings (SSSR count). The second-order valence-corrected chi connectivity index (χ2v) is 14.1. The van der Waals surface area contributed by atoms with Gasteiger partial charge >= 0.3 is 6.03 Å². The normalized spacial score (nSPS) is 18.7. The van der Waals surface area contributed by atoms with Gasteiger partial charge in [0.15, 0.2) is 6.29 Å². The Bertz CT molecular complexity index is 1960. The number of nitrogens with zero attached hydrogens (tertiary/aromatic N) is 1. The summed E-state index contributed by atoms with van der Waals surface area (Å²) in [4.78, 5) is 15.3. The number of nitrogens with one attached hydrogen (secondary N) is 2. The Morgan fingerprint density at radius 2 is 1.52 bits per heavy atom. The third kappa shape index (κ3) is 9.83. The Balaban J connectivity index is 1.01. The van der Waals surface area contributed by atoms with Crippen molar-refractivity contribution in [2.24, 2.45) is 0 Å². The zero-order chi connectivity index (χ0) is 37.1. The summed E-state index contributed by atoms with van der Waals surface area (Å²) < 4.78 is 19.3. The molecule has 3 atom stereocenters. The second kappa shape index (κ2) is 18.2. The van der Waals surface area contributed by atoms with E-state index in [1.807, 2.05) is 91.0 Å². The van der Waals surface area contributed by atoms with Gasteiger partial charge in [0.2, 0.25) is 0 Å². The predicted molar refractivity (Wildman–Crippen MR) is 213 cm³/mol. The number of anilines is 1. The molecule has 2 aliphatic rings. The summed E-state index contributed by atoms with van der Waals surface area (Å²) in [5.74, 6) is 1.45. The average molecular weight is 724 g/mol. The minimum atomic E-state index is -0.548. The van der Waals surface area contributed by atoms with Gasteiger partial charge < -0.3 is 30.0 Å². The maximum absolute atomic E-state index is 12.8. The topological polar surface area (TPSA) is 92.3 Å². The first-order valence-corrected chi connectivity index (χ1v) is 19.0. The van der Waals surface area contributed by atoms with Gasteiger partial charge in [-0.2, -0.15) is 0 Å². The molecular formula is C46H49N3O5. The number of rotatable bonds is 14. The molecule has 0 spiro atoms. The maximum Gasteiger partial charge on any atom is 0.319 e. The molecule has 0 aromatic heterocycles. The van der Waals surface area contributed by atoms with Gasteiger partial charge in [0.1, 0.15) is 11.5 Å². The Hall–Kier alpha value is -5.25. The molecule has 1 heterocycles. The van der Waals surface area contributed by atoms with Crippen LogP contribution in [0.15, 0.2) is 140 Å². The maximum atomic E-state index is 12.8. The first-order chi connectivity index (χ1) is 26.5. The van der Waals surface area contributed by atoms with E-state index in [4.69, 9.17) is 14.2 Å². The van der Waals surface area contributed by atoms with Crippen molar-refractivity contribution in [2.45, 2.75) is 69.8 Å². The van der Waals surface area contributed by atoms with Crippen LogP contribution in [0.3, 0.4) is 0 Å². The van der Waals surface area contributed by atoms with Crippen molar-refractivity contribution in [1.82, 2.24) is 10.2 Å². The molecule has 278 valence electrons. The third-order valence-electron chi connectivity index (χ3n) is 10.2. The van der Waals surface area contributed by atoms with Gasteiger partial charge in [-0.3, -0.25) is 4.90 Å². The SMILES string of the molecule is C=CCN(C[C@@H]1C[C@H](c2ccc(CO)cc2)O[C@H](c2cccc(-c3cccc(CNC(=O)Nc4ccc(Oc5ccccc5)cc4)c3)c2)O1)C1CCCC1. The lowest BCUT2D eigenvalue weighted by Gasteiger charge is -2.39. The fourth-order valence-electron chi connectivity index (χ4n) is 7.42. The van der Waals surface area contributed by atoms with Gasteiger partial charge in [0, 0.05) is 43.3 Å². The zero-order valence-electron chi connectivity index (χ0n) is 30.6. The Morgan fingerprint density at radius 3 is 2.26 bits per heavy atom. The fraction of sp³-hybridized carbons (Fsp3) is 0.283. The van der Waals surface area contributed by atoms with Crippen LogP contribution >= 0.6 is 0 Å². The highest BCUT2D eigenvalue weighted by Crippen LogP contribution is 2.40. The van der Waals surface area contributed by atoms with Crippen molar-refractivity contribution in [3.8, 4) is 22.6 Å². The van der Waals surface area contributed by atoms with Crippen LogP contribution in [0.1, 0.15) is 66.8 Å². The molecule has 0 bridgehead atoms. The van der Waals surface area contributed by atoms with E-state index in [1.165, 1.54) is 25.7 Å². The molecule has 1 saturated carbocycles. The highest BCUT2D eigenvalue weighted by atomic mass is 16.7. The average Bonchev–Trinajstić information content (AvgIpc) is 3.77. The monoisotopic (exact) mass is 723 g/mol. The molecular weight excluding hydrogens is 675 g/mol. The number of para-hydroxylation sites is 1. The Kier molecular flexibility index (Phi) is 12.5. The van der Waals surface area contributed by atoms with Gasteiger partial charge in [0.05, 0.1) is 18.8 Å². The van der Waals surface area contributed by atoms with E-state index in [0.717, 1.165) is 58.6 Å². The molecule has 1 saturated heterocycles. The summed E-state index contributed by atoms with van der Waals surface area (Å²) in [5.41, 5.74) is 6.63. The number of urea groups is 1. The van der Waals surface area contributed by atoms with Crippen LogP contribution in [0.5, 0.6) is 11.5 Å². The van der Waals surface area contributed by atoms with Crippen LogP contribution < -0.4 is 15.4 Å². The molecule has 2 amide bonds. The molecule has 1 aliphatic heterocycles. The number of hydrogen-bond donors (Lipinski definition) is 3. The molecule has 1 aliphatic carbocycles. The number of carbonyl (C=O) groups is 1. The van der Waals surface area contributed by atoms with Crippen LogP contribution in [0.4, 0.5) is 10.5 Å². The van der Waals surface area contributed by atoms with Crippen molar-refractivity contribution >= 4 is 11.7 Å². The molecule has 3 N–H and O–H groups in total. The summed E-state index contributed by atoms with van der Waals surface area (Å²) in [6, 6.07) is 41.7. The number of amides is 2. The molecule has 5 aromatic rings. The number of ether oxygens (including phenoxy) is 3. The number of aliphatic hydroxyl groups excluding tert-OH is 1. The van der Waals surface area contributed by atoms with Gasteiger partial charge in [0.25, 0.3) is 0 Å². The van der Waals surface area contributed by atoms with Crippen LogP contribution in [0.2, 0.25) is 0 Å². The lowest BCUT2D eigenvalue weighted by Crippen LogP contribution is -2.43. The second-order valence-electron chi connectivity index (χ2n) is 14.1. The van der Waals surface area contributed by atoms with Gasteiger partial charge in [-0.05, 0) is 89.2 Å². The minimum absolute atomic E-state index is 0.00972. The fourth-order valence-corrected chi connectivity index (χ4v) is 7.42. The van der Waals surface area contributed by atoms with Crippen LogP contribution in [-0.2, 0) is 22.6 Å². The quantitative estimate of drug-likeness (QED) is 0.0989. The number of benzene rings is 5. The minimum Gasteiger partial charge on any atom is -0.457 e. The van der Waals surface area contributed by atoms with Crippen LogP contribution in [0, 0.1) is 0 Å². The Labute approximate surface area is 318 Å². The van der Waals surface area contributed by atoms with Gasteiger partial charge in [-0.1, -0.05) is 97.8 Å². The summed E-state index contributed by atoms with van der Waals surface area (Å²) >= 11 is 0. The van der Waals surface area contributed by atoms with E-state index in [0.29, 0.717) is 24.0 Å². The molecule has 5 aromatic carbocycles. The van der Waals surface area contributed by atoms with E-state index < -0.39 is 6.29 Å². The lowest BCUT2D eigenvalue weighted by atomic mass is 9.98. The standard InChI is InChI=1S/C46H49N3O5/c1-2-26-49(40-14-6-7-15-40)31-43-29-44(35-20-18-33(32-50)19-21-35)54-45(53-43)38-13-9-12-37(28-38)36-11-8-10-34(27-36)30-47-46(51)48-39-22-24-42(25-23-39)52-41-16-4-3-5-17-41/h2-5,8-13,16-25,27-28,40,43-45,50H,1,6-7,14-15,26,29-32H2,(H2,47,48,51)/t43-,44+,45+/m0/s1. The van der Waals surface area contributed by atoms with E-state index in [2.05, 4.69) is 64.6 Å². The molecule has 8 nitrogen and oxygen atoms in total. The van der Waals surface area contributed by atoms with Crippen molar-refractivity contribution in [3.05, 3.63) is 162 Å². The van der Waals surface area contributed by atoms with Crippen LogP contribution in [-0.4, -0.2) is 41.3 Å². The number of carbonyl (C=O) groups excluding carboxylic acids is 1. The third-order valence-corrected chi connectivity index (χ3v) is 10.2. The largest absolute Gasteiger partial charge is 0.457 e. The summed E-state index contributed by atoms with van der Waals surface area (Å²) in [6.45, 7) is 6.08. The first kappa shape index (κ1) is 37.1. The first-order valence-electron chi connectivity index (χ1n) is 19.0. The molecule has 0 radical (unpaired) electrons. The number of hydrogen-bond acceptors (Lipinski definition) is 6. The van der Waals surface area contributed by atoms with Crippen LogP contribution in [0.25, 0.3) is 11.1 Å². The molecule has 0 unspecified atom stereocenters. The molecule has 8 heteroatoms. The van der Waals surface area contributed by atoms with Crippen molar-refractivity contribution in [1.29, 1.82) is 0 Å². The summed E-state index contributed by atoms with van der Waals surface area (Å²) in [5, 5.41) is 15.5. The smallest absolute Gasteiger partial charge is 0.319 e. The zero-order valence-corrected chi connectivity index (χ0v) is 30.6. The van der Waals surface area contributed by atoms with E-state index in [-0.39, 0.29) is 24.8 Å². The highest BCUT2D eigenvalue weighted by Gasteiger charge is 2.34. The predicted octanol–water partition coefficient (Wildman–Crippen LogP) is 9.94. The van der Waals surface area contributed by atoms with Gasteiger partial charge in [-0.25, -0.2) is 4.79 Å². The molecule has 2 fully saturated rings. The van der Waals surface area contributed by atoms with Crippen molar-refractivity contribution < 1.29 is 24.1 Å².